The molecule has 0 saturated carbocycles. The van der Waals surface area contributed by atoms with Crippen molar-refractivity contribution in [2.24, 2.45) is 0 Å². The molecule has 1 aliphatic carbocycles. The van der Waals surface area contributed by atoms with Gasteiger partial charge in [-0.15, -0.1) is 11.3 Å². The molecule has 2 heterocycles. The van der Waals surface area contributed by atoms with E-state index < -0.39 is 23.9 Å². The summed E-state index contributed by atoms with van der Waals surface area (Å²) in [4.78, 5) is 47.8. The Balaban J connectivity index is 1.40. The maximum atomic E-state index is 13.0. The molecule has 0 saturated heterocycles. The molecule has 9 heteroatoms. The Bertz CT molecular complexity index is 1470. The van der Waals surface area contributed by atoms with Gasteiger partial charge in [0.05, 0.1) is 23.8 Å². The van der Waals surface area contributed by atoms with E-state index in [2.05, 4.69) is 21.4 Å². The largest absolute Gasteiger partial charge is 0.465 e. The van der Waals surface area contributed by atoms with Gasteiger partial charge >= 0.3 is 11.9 Å². The predicted octanol–water partition coefficient (Wildman–Crippen LogP) is 4.43. The van der Waals surface area contributed by atoms with E-state index in [0.29, 0.717) is 28.0 Å². The molecule has 4 aromatic rings. The van der Waals surface area contributed by atoms with Gasteiger partial charge in [0.2, 0.25) is 0 Å². The number of fused-ring (bicyclic) bond motifs is 4. The number of methoxy groups -OCH3 is 1. The highest BCUT2D eigenvalue weighted by molar-refractivity contribution is 7.20. The molecule has 0 fully saturated rings. The summed E-state index contributed by atoms with van der Waals surface area (Å²) in [5.41, 5.74) is 4.59. The number of anilines is 1. The average molecular weight is 488 g/mol. The van der Waals surface area contributed by atoms with Crippen molar-refractivity contribution in [2.45, 2.75) is 25.9 Å². The highest BCUT2D eigenvalue weighted by Crippen LogP contribution is 2.45. The third-order valence-corrected chi connectivity index (χ3v) is 7.09. The summed E-state index contributed by atoms with van der Waals surface area (Å²) in [7, 11) is 1.31. The molecular formula is C26H21N3O5S. The van der Waals surface area contributed by atoms with Crippen LogP contribution in [0.1, 0.15) is 38.8 Å². The molecule has 1 unspecified atom stereocenters. The van der Waals surface area contributed by atoms with Crippen molar-refractivity contribution in [3.63, 3.8) is 0 Å². The summed E-state index contributed by atoms with van der Waals surface area (Å²) in [5, 5.41) is 3.16. The number of benzene rings is 2. The summed E-state index contributed by atoms with van der Waals surface area (Å²) in [6.45, 7) is 1.48. The lowest BCUT2D eigenvalue weighted by Crippen LogP contribution is -2.30. The fourth-order valence-corrected chi connectivity index (χ4v) is 5.50. The first-order valence-electron chi connectivity index (χ1n) is 11.0. The van der Waals surface area contributed by atoms with Gasteiger partial charge in [-0.1, -0.05) is 30.3 Å². The number of amides is 1. The summed E-state index contributed by atoms with van der Waals surface area (Å²) in [6.07, 6.45) is 3.35. The van der Waals surface area contributed by atoms with Gasteiger partial charge in [-0.3, -0.25) is 14.8 Å². The second kappa shape index (κ2) is 9.27. The number of ether oxygens (including phenoxy) is 2. The van der Waals surface area contributed by atoms with Gasteiger partial charge in [-0.25, -0.2) is 9.59 Å². The number of hydrogen-bond acceptors (Lipinski definition) is 8. The lowest BCUT2D eigenvalue weighted by atomic mass is 9.89. The molecule has 1 atom stereocenters. The number of rotatable bonds is 5. The normalized spacial score (nSPS) is 12.9. The molecule has 1 amide bonds. The third-order valence-electron chi connectivity index (χ3n) is 5.91. The highest BCUT2D eigenvalue weighted by atomic mass is 32.1. The maximum absolute atomic E-state index is 13.0. The monoisotopic (exact) mass is 487 g/mol. The summed E-state index contributed by atoms with van der Waals surface area (Å²) < 4.78 is 10.4. The molecule has 176 valence electrons. The molecule has 0 spiro atoms. The second-order valence-corrected chi connectivity index (χ2v) is 9.05. The van der Waals surface area contributed by atoms with Gasteiger partial charge < -0.3 is 14.8 Å². The molecule has 8 nitrogen and oxygen atoms in total. The Kier molecular flexibility index (Phi) is 6.00. The first kappa shape index (κ1) is 22.7. The van der Waals surface area contributed by atoms with Crippen LogP contribution in [0.2, 0.25) is 0 Å². The van der Waals surface area contributed by atoms with Crippen LogP contribution in [0, 0.1) is 0 Å². The number of hydrogen-bond donors (Lipinski definition) is 1. The zero-order valence-electron chi connectivity index (χ0n) is 19.0. The minimum Gasteiger partial charge on any atom is -0.465 e. The van der Waals surface area contributed by atoms with Crippen LogP contribution in [0.15, 0.2) is 54.9 Å². The van der Waals surface area contributed by atoms with Crippen molar-refractivity contribution in [3.05, 3.63) is 77.1 Å². The summed E-state index contributed by atoms with van der Waals surface area (Å²) in [6, 6.07) is 13.0. The first-order valence-corrected chi connectivity index (χ1v) is 11.8. The van der Waals surface area contributed by atoms with E-state index in [1.54, 1.807) is 18.2 Å². The van der Waals surface area contributed by atoms with Crippen LogP contribution in [0.4, 0.5) is 5.00 Å². The number of esters is 2. The van der Waals surface area contributed by atoms with E-state index in [-0.39, 0.29) is 5.56 Å². The first-order chi connectivity index (χ1) is 17.0. The number of para-hydroxylation sites is 1. The molecular weight excluding hydrogens is 466 g/mol. The Morgan fingerprint density at radius 1 is 1.00 bits per heavy atom. The third kappa shape index (κ3) is 4.15. The van der Waals surface area contributed by atoms with Crippen molar-refractivity contribution >= 4 is 45.2 Å². The van der Waals surface area contributed by atoms with Crippen molar-refractivity contribution < 1.29 is 23.9 Å². The van der Waals surface area contributed by atoms with Crippen molar-refractivity contribution in [1.82, 2.24) is 9.97 Å². The van der Waals surface area contributed by atoms with Crippen LogP contribution in [0.5, 0.6) is 0 Å². The molecule has 0 radical (unpaired) electrons. The molecule has 1 aliphatic rings. The Morgan fingerprint density at radius 2 is 1.80 bits per heavy atom. The topological polar surface area (TPSA) is 107 Å². The van der Waals surface area contributed by atoms with Gasteiger partial charge in [0, 0.05) is 17.3 Å². The summed E-state index contributed by atoms with van der Waals surface area (Å²) in [5.74, 6) is -1.76. The highest BCUT2D eigenvalue weighted by Gasteiger charge is 2.30. The fraction of sp³-hybridized carbons (Fsp3) is 0.192. The van der Waals surface area contributed by atoms with E-state index in [0.717, 1.165) is 22.4 Å². The number of aromatic nitrogens is 2. The fourth-order valence-electron chi connectivity index (χ4n) is 4.20. The maximum Gasteiger partial charge on any atom is 0.341 e. The Labute approximate surface area is 204 Å². The lowest BCUT2D eigenvalue weighted by molar-refractivity contribution is -0.123. The van der Waals surface area contributed by atoms with Crippen LogP contribution in [0.3, 0.4) is 0 Å². The zero-order chi connectivity index (χ0) is 24.5. The van der Waals surface area contributed by atoms with Crippen molar-refractivity contribution in [2.75, 3.05) is 12.4 Å². The second-order valence-electron chi connectivity index (χ2n) is 8.03. The smallest absolute Gasteiger partial charge is 0.341 e. The number of aryl methyl sites for hydroxylation is 1. The summed E-state index contributed by atoms with van der Waals surface area (Å²) >= 11 is 1.32. The predicted molar refractivity (Wildman–Crippen MR) is 132 cm³/mol. The van der Waals surface area contributed by atoms with Crippen molar-refractivity contribution in [3.8, 4) is 10.4 Å². The van der Waals surface area contributed by atoms with E-state index in [4.69, 9.17) is 9.47 Å². The van der Waals surface area contributed by atoms with Gasteiger partial charge in [0.15, 0.2) is 6.10 Å². The molecule has 0 bridgehead atoms. The molecule has 5 rings (SSSR count). The van der Waals surface area contributed by atoms with Crippen LogP contribution in [-0.4, -0.2) is 41.0 Å². The number of carbonyl (C=O) groups is 3. The van der Waals surface area contributed by atoms with E-state index >= 15 is 0 Å². The minimum absolute atomic E-state index is 0.216. The standard InChI is InChI=1S/C26H21N3O5S/c1-14(34-25(31)18-8-5-9-19-21(18)28-13-12-27-19)23(30)29-24-20(26(32)33-2)17-11-10-15-6-3-4-7-16(15)22(17)35-24/h3-9,12-14H,10-11H2,1-2H3,(H,29,30). The number of carbonyl (C=O) groups excluding carboxylic acids is 3. The van der Waals surface area contributed by atoms with Crippen LogP contribution in [0.25, 0.3) is 21.5 Å². The SMILES string of the molecule is COC(=O)c1c(NC(=O)C(C)OC(=O)c2cccc3nccnc23)sc2c1CCc1ccccc1-2. The number of nitrogens with zero attached hydrogens (tertiary/aromatic N) is 2. The molecule has 35 heavy (non-hydrogen) atoms. The van der Waals surface area contributed by atoms with Gasteiger partial charge in [0.1, 0.15) is 10.5 Å². The van der Waals surface area contributed by atoms with E-state index in [1.807, 2.05) is 18.2 Å². The van der Waals surface area contributed by atoms with Gasteiger partial charge in [-0.05, 0) is 48.6 Å². The zero-order valence-corrected chi connectivity index (χ0v) is 19.8. The van der Waals surface area contributed by atoms with Crippen LogP contribution < -0.4 is 5.32 Å². The van der Waals surface area contributed by atoms with Crippen LogP contribution >= 0.6 is 11.3 Å². The van der Waals surface area contributed by atoms with E-state index in [9.17, 15) is 14.4 Å². The van der Waals surface area contributed by atoms with E-state index in [1.165, 1.54) is 43.3 Å². The molecule has 2 aromatic carbocycles. The Morgan fingerprint density at radius 3 is 2.63 bits per heavy atom. The minimum atomic E-state index is -1.12. The number of nitrogens with one attached hydrogen (secondary N) is 1. The molecule has 2 aromatic heterocycles. The number of thiophene rings is 1. The average Bonchev–Trinajstić information content (AvgIpc) is 3.26. The lowest BCUT2D eigenvalue weighted by Gasteiger charge is -2.16. The van der Waals surface area contributed by atoms with Crippen LogP contribution in [-0.2, 0) is 27.1 Å². The van der Waals surface area contributed by atoms with Gasteiger partial charge in [0.25, 0.3) is 5.91 Å². The Hall–Kier alpha value is -4.11. The molecule has 1 N–H and O–H groups in total. The van der Waals surface area contributed by atoms with Crippen molar-refractivity contribution in [1.29, 1.82) is 0 Å². The van der Waals surface area contributed by atoms with Gasteiger partial charge in [-0.2, -0.15) is 0 Å². The molecule has 0 aliphatic heterocycles. The quantitative estimate of drug-likeness (QED) is 0.415.